The van der Waals surface area contributed by atoms with E-state index in [1.54, 1.807) is 24.3 Å². The van der Waals surface area contributed by atoms with Crippen LogP contribution in [0, 0.1) is 33.8 Å². The van der Waals surface area contributed by atoms with Gasteiger partial charge in [0.25, 0.3) is 5.69 Å². The average Bonchev–Trinajstić information content (AvgIpc) is 2.99. The lowest BCUT2D eigenvalue weighted by Crippen LogP contribution is -2.45. The third-order valence-electron chi connectivity index (χ3n) is 7.63. The van der Waals surface area contributed by atoms with Crippen molar-refractivity contribution in [1.29, 1.82) is 0 Å². The summed E-state index contributed by atoms with van der Waals surface area (Å²) in [6.45, 7) is 11.8. The Morgan fingerprint density at radius 3 is 2.09 bits per heavy atom. The topological polar surface area (TPSA) is 154 Å². The molecule has 0 spiro atoms. The second-order valence-electron chi connectivity index (χ2n) is 12.2. The van der Waals surface area contributed by atoms with Gasteiger partial charge in [0.05, 0.1) is 11.0 Å². The summed E-state index contributed by atoms with van der Waals surface area (Å²) in [6, 6.07) is 11.1. The monoisotopic (exact) mass is 625 g/mol. The number of anilines is 1. The van der Waals surface area contributed by atoms with Crippen LogP contribution in [-0.2, 0) is 25.7 Å². The molecule has 0 aromatic heterocycles. The van der Waals surface area contributed by atoms with Crippen molar-refractivity contribution in [2.75, 3.05) is 5.32 Å². The van der Waals surface area contributed by atoms with Crippen LogP contribution in [-0.4, -0.2) is 34.7 Å². The molecule has 3 atom stereocenters. The van der Waals surface area contributed by atoms with Gasteiger partial charge in [-0.3, -0.25) is 24.5 Å². The van der Waals surface area contributed by atoms with Crippen molar-refractivity contribution < 1.29 is 33.6 Å². The van der Waals surface area contributed by atoms with E-state index in [0.29, 0.717) is 24.1 Å². The van der Waals surface area contributed by atoms with Crippen molar-refractivity contribution >= 4 is 35.1 Å². The van der Waals surface area contributed by atoms with Crippen LogP contribution >= 0.6 is 0 Å². The number of carbonyl (C=O) groups is 4. The minimum atomic E-state index is -0.966. The number of carbonyl (C=O) groups excluding carboxylic acids is 4. The molecule has 0 bridgehead atoms. The molecule has 2 aromatic rings. The largest absolute Gasteiger partial charge is 0.514 e. The van der Waals surface area contributed by atoms with Gasteiger partial charge in [0, 0.05) is 36.1 Å². The molecule has 45 heavy (non-hydrogen) atoms. The number of ether oxygens (including phenoxy) is 2. The van der Waals surface area contributed by atoms with Crippen LogP contribution in [0.15, 0.2) is 48.5 Å². The number of nitro benzene ring substituents is 1. The Morgan fingerprint density at radius 1 is 0.889 bits per heavy atom. The predicted molar refractivity (Wildman–Crippen MR) is 172 cm³/mol. The molecule has 0 heterocycles. The van der Waals surface area contributed by atoms with Crippen LogP contribution in [0.3, 0.4) is 0 Å². The van der Waals surface area contributed by atoms with Gasteiger partial charge in [-0.2, -0.15) is 0 Å². The maximum absolute atomic E-state index is 13.5. The van der Waals surface area contributed by atoms with E-state index in [-0.39, 0.29) is 59.8 Å². The first-order valence-corrected chi connectivity index (χ1v) is 15.6. The zero-order chi connectivity index (χ0) is 33.5. The lowest BCUT2D eigenvalue weighted by atomic mass is 9.89. The number of hydrogen-bond donors (Lipinski definition) is 2. The Hall–Kier alpha value is -4.28. The Labute approximate surface area is 265 Å². The first-order chi connectivity index (χ1) is 21.3. The number of Topliss-reactive ketones (excluding diaryl/α,β-unsaturated/α-hetero) is 1. The maximum atomic E-state index is 13.5. The molecule has 2 aromatic carbocycles. The van der Waals surface area contributed by atoms with E-state index >= 15 is 0 Å². The van der Waals surface area contributed by atoms with Gasteiger partial charge >= 0.3 is 6.16 Å². The molecule has 11 heteroatoms. The number of rotatable bonds is 18. The Balaban J connectivity index is 2.00. The summed E-state index contributed by atoms with van der Waals surface area (Å²) < 4.78 is 10.2. The van der Waals surface area contributed by atoms with Crippen molar-refractivity contribution in [2.24, 2.45) is 23.7 Å². The summed E-state index contributed by atoms with van der Waals surface area (Å²) in [5, 5.41) is 16.6. The first-order valence-electron chi connectivity index (χ1n) is 15.6. The molecule has 0 saturated heterocycles. The van der Waals surface area contributed by atoms with Gasteiger partial charge in [-0.1, -0.05) is 72.9 Å². The molecule has 0 aliphatic carbocycles. The van der Waals surface area contributed by atoms with Crippen molar-refractivity contribution in [3.8, 4) is 5.75 Å². The van der Waals surface area contributed by atoms with E-state index in [2.05, 4.69) is 17.6 Å². The number of non-ortho nitro benzene ring substituents is 1. The van der Waals surface area contributed by atoms with E-state index in [0.717, 1.165) is 19.3 Å². The van der Waals surface area contributed by atoms with Crippen molar-refractivity contribution in [1.82, 2.24) is 5.32 Å². The van der Waals surface area contributed by atoms with Crippen molar-refractivity contribution in [3.05, 3.63) is 64.2 Å². The molecule has 0 saturated carbocycles. The summed E-state index contributed by atoms with van der Waals surface area (Å²) in [5.74, 6) is -0.897. The smallest absolute Gasteiger partial charge is 0.429 e. The standard InChI is InChI=1S/C34H47N3O8/c1-7-8-9-10-26(20-31(38)30(19-22(2)3)36-32(39)24(6)23(4)5)33(40)35-27-13-11-25(12-14-27)21-44-34(41)45-29-17-15-28(16-18-29)37(42)43/h11-18,22-24,26,30H,7-10,19-21H2,1-6H3,(H,35,40)(H,36,39)/t24-,26+,30-/m0/s1. The maximum Gasteiger partial charge on any atom is 0.514 e. The minimum absolute atomic E-state index is 0.0338. The summed E-state index contributed by atoms with van der Waals surface area (Å²) in [7, 11) is 0. The first kappa shape index (κ1) is 36.9. The minimum Gasteiger partial charge on any atom is -0.429 e. The van der Waals surface area contributed by atoms with Crippen LogP contribution in [0.2, 0.25) is 0 Å². The molecule has 0 aliphatic heterocycles. The summed E-state index contributed by atoms with van der Waals surface area (Å²) in [5.41, 5.74) is 1.05. The average molecular weight is 626 g/mol. The number of nitrogens with one attached hydrogen (secondary N) is 2. The highest BCUT2D eigenvalue weighted by Gasteiger charge is 2.29. The fourth-order valence-corrected chi connectivity index (χ4v) is 4.53. The highest BCUT2D eigenvalue weighted by Crippen LogP contribution is 2.22. The number of hydrogen-bond acceptors (Lipinski definition) is 8. The third kappa shape index (κ3) is 13.1. The zero-order valence-electron chi connectivity index (χ0n) is 27.2. The van der Waals surface area contributed by atoms with E-state index in [9.17, 15) is 29.3 Å². The second-order valence-corrected chi connectivity index (χ2v) is 12.2. The molecule has 246 valence electrons. The number of benzene rings is 2. The quantitative estimate of drug-likeness (QED) is 0.0578. The Morgan fingerprint density at radius 2 is 1.53 bits per heavy atom. The van der Waals surface area contributed by atoms with Crippen LogP contribution < -0.4 is 15.4 Å². The Kier molecular flexibility index (Phi) is 15.2. The summed E-state index contributed by atoms with van der Waals surface area (Å²) in [4.78, 5) is 61.8. The van der Waals surface area contributed by atoms with Crippen LogP contribution in [0.5, 0.6) is 5.75 Å². The van der Waals surface area contributed by atoms with E-state index in [1.807, 2.05) is 34.6 Å². The van der Waals surface area contributed by atoms with E-state index in [4.69, 9.17) is 9.47 Å². The van der Waals surface area contributed by atoms with Gasteiger partial charge in [0.1, 0.15) is 12.4 Å². The van der Waals surface area contributed by atoms with Gasteiger partial charge < -0.3 is 20.1 Å². The number of amides is 2. The molecule has 0 fully saturated rings. The number of unbranched alkanes of at least 4 members (excludes halogenated alkanes) is 2. The molecule has 0 radical (unpaired) electrons. The molecular weight excluding hydrogens is 578 g/mol. The van der Waals surface area contributed by atoms with E-state index in [1.165, 1.54) is 24.3 Å². The van der Waals surface area contributed by atoms with Gasteiger partial charge in [-0.15, -0.1) is 0 Å². The normalized spacial score (nSPS) is 13.1. The van der Waals surface area contributed by atoms with Crippen LogP contribution in [0.25, 0.3) is 0 Å². The zero-order valence-corrected chi connectivity index (χ0v) is 27.2. The van der Waals surface area contributed by atoms with Gasteiger partial charge in [-0.05, 0) is 54.5 Å². The lowest BCUT2D eigenvalue weighted by Gasteiger charge is -2.25. The second kappa shape index (κ2) is 18.5. The summed E-state index contributed by atoms with van der Waals surface area (Å²) >= 11 is 0. The molecule has 2 rings (SSSR count). The van der Waals surface area contributed by atoms with Crippen LogP contribution in [0.1, 0.15) is 85.6 Å². The molecule has 2 N–H and O–H groups in total. The molecular formula is C34H47N3O8. The Bertz CT molecular complexity index is 1280. The molecule has 0 aliphatic rings. The predicted octanol–water partition coefficient (Wildman–Crippen LogP) is 7.23. The molecule has 11 nitrogen and oxygen atoms in total. The molecule has 2 amide bonds. The fraction of sp³-hybridized carbons (Fsp3) is 0.529. The SMILES string of the molecule is CCCCC[C@H](CC(=O)[C@H](CC(C)C)NC(=O)[C@@H](C)C(C)C)C(=O)Nc1ccc(COC(=O)Oc2ccc([N+](=O)[O-])cc2)cc1. The van der Waals surface area contributed by atoms with Crippen LogP contribution in [0.4, 0.5) is 16.2 Å². The lowest BCUT2D eigenvalue weighted by molar-refractivity contribution is -0.384. The highest BCUT2D eigenvalue weighted by atomic mass is 16.7. The third-order valence-corrected chi connectivity index (χ3v) is 7.63. The van der Waals surface area contributed by atoms with Gasteiger partial charge in [0.15, 0.2) is 5.78 Å². The van der Waals surface area contributed by atoms with Gasteiger partial charge in [-0.25, -0.2) is 4.79 Å². The highest BCUT2D eigenvalue weighted by molar-refractivity contribution is 5.97. The number of ketones is 1. The molecule has 0 unspecified atom stereocenters. The van der Waals surface area contributed by atoms with Gasteiger partial charge in [0.2, 0.25) is 11.8 Å². The fourth-order valence-electron chi connectivity index (χ4n) is 4.53. The number of nitrogens with zero attached hydrogens (tertiary/aromatic N) is 1. The summed E-state index contributed by atoms with van der Waals surface area (Å²) in [6.07, 6.45) is 2.85. The number of nitro groups is 1. The van der Waals surface area contributed by atoms with E-state index < -0.39 is 23.0 Å². The van der Waals surface area contributed by atoms with Crippen molar-refractivity contribution in [2.45, 2.75) is 92.7 Å². The van der Waals surface area contributed by atoms with Crippen molar-refractivity contribution in [3.63, 3.8) is 0 Å².